The van der Waals surface area contributed by atoms with Crippen molar-refractivity contribution in [2.75, 3.05) is 7.11 Å². The molecular weight excluding hydrogens is 280 g/mol. The van der Waals surface area contributed by atoms with Gasteiger partial charge in [0.15, 0.2) is 0 Å². The van der Waals surface area contributed by atoms with Gasteiger partial charge >= 0.3 is 5.97 Å². The van der Waals surface area contributed by atoms with Crippen LogP contribution in [0.4, 0.5) is 0 Å². The Morgan fingerprint density at radius 3 is 2.36 bits per heavy atom. The Labute approximate surface area is 130 Å². The van der Waals surface area contributed by atoms with E-state index in [-0.39, 0.29) is 6.10 Å². The molecule has 0 aliphatic heterocycles. The van der Waals surface area contributed by atoms with Crippen LogP contribution in [-0.2, 0) is 9.47 Å². The van der Waals surface area contributed by atoms with E-state index in [0.717, 1.165) is 5.56 Å². The maximum absolute atomic E-state index is 11.6. The van der Waals surface area contributed by atoms with Crippen molar-refractivity contribution in [1.82, 2.24) is 0 Å². The van der Waals surface area contributed by atoms with Crippen LogP contribution in [-0.4, -0.2) is 19.2 Å². The summed E-state index contributed by atoms with van der Waals surface area (Å²) in [6.07, 6.45) is -0.525. The normalized spacial score (nSPS) is 12.0. The molecule has 4 heteroatoms. The zero-order chi connectivity index (χ0) is 15.9. The predicted octanol–water partition coefficient (Wildman–Crippen LogP) is 3.98. The minimum atomic E-state index is -0.533. The monoisotopic (exact) mass is 300 g/mol. The Bertz CT molecular complexity index is 607. The summed E-state index contributed by atoms with van der Waals surface area (Å²) in [4.78, 5) is 11.6. The second kappa shape index (κ2) is 7.61. The van der Waals surface area contributed by atoms with E-state index in [1.54, 1.807) is 24.3 Å². The van der Waals surface area contributed by atoms with E-state index < -0.39 is 12.3 Å². The first-order valence-electron chi connectivity index (χ1n) is 7.15. The first-order valence-corrected chi connectivity index (χ1v) is 7.15. The summed E-state index contributed by atoms with van der Waals surface area (Å²) in [5.74, 6) is 0.156. The van der Waals surface area contributed by atoms with Crippen LogP contribution in [0.2, 0.25) is 0 Å². The average Bonchev–Trinajstić information content (AvgIpc) is 2.54. The fourth-order valence-electron chi connectivity index (χ4n) is 1.97. The Morgan fingerprint density at radius 1 is 1.00 bits per heavy atom. The Kier molecular flexibility index (Phi) is 5.55. The number of hydrogen-bond donors (Lipinski definition) is 0. The number of rotatable bonds is 6. The zero-order valence-electron chi connectivity index (χ0n) is 13.0. The van der Waals surface area contributed by atoms with Gasteiger partial charge < -0.3 is 14.2 Å². The largest absolute Gasteiger partial charge is 0.465 e. The molecular formula is C18H20O4. The van der Waals surface area contributed by atoms with Crippen molar-refractivity contribution in [3.8, 4) is 5.75 Å². The molecule has 0 amide bonds. The number of esters is 1. The Balaban J connectivity index is 2.22. The highest BCUT2D eigenvalue weighted by Crippen LogP contribution is 2.25. The van der Waals surface area contributed by atoms with Gasteiger partial charge in [0.1, 0.15) is 5.75 Å². The fraction of sp³-hybridized carbons (Fsp3) is 0.278. The third-order valence-corrected chi connectivity index (χ3v) is 2.97. The maximum atomic E-state index is 11.6. The van der Waals surface area contributed by atoms with Gasteiger partial charge in [-0.2, -0.15) is 0 Å². The molecule has 2 rings (SSSR count). The molecule has 0 aliphatic rings. The number of benzene rings is 2. The van der Waals surface area contributed by atoms with Crippen LogP contribution in [0.1, 0.15) is 36.1 Å². The van der Waals surface area contributed by atoms with Crippen LogP contribution in [0.3, 0.4) is 0 Å². The van der Waals surface area contributed by atoms with Gasteiger partial charge in [-0.15, -0.1) is 0 Å². The van der Waals surface area contributed by atoms with Gasteiger partial charge in [0.25, 0.3) is 0 Å². The second-order valence-corrected chi connectivity index (χ2v) is 5.06. The third kappa shape index (κ3) is 4.33. The summed E-state index contributed by atoms with van der Waals surface area (Å²) in [6, 6.07) is 16.5. The first-order chi connectivity index (χ1) is 10.6. The van der Waals surface area contributed by atoms with E-state index in [1.807, 2.05) is 44.2 Å². The highest BCUT2D eigenvalue weighted by molar-refractivity contribution is 5.89. The van der Waals surface area contributed by atoms with Gasteiger partial charge in [0.2, 0.25) is 6.29 Å². The van der Waals surface area contributed by atoms with Crippen LogP contribution in [0.5, 0.6) is 5.75 Å². The molecule has 0 aromatic heterocycles. The molecule has 1 atom stereocenters. The van der Waals surface area contributed by atoms with Crippen molar-refractivity contribution in [1.29, 1.82) is 0 Å². The lowest BCUT2D eigenvalue weighted by Crippen LogP contribution is -2.16. The van der Waals surface area contributed by atoms with E-state index in [2.05, 4.69) is 0 Å². The van der Waals surface area contributed by atoms with Crippen LogP contribution < -0.4 is 4.74 Å². The lowest BCUT2D eigenvalue weighted by atomic mass is 10.2. The first kappa shape index (κ1) is 16.0. The summed E-state index contributed by atoms with van der Waals surface area (Å²) >= 11 is 0. The minimum Gasteiger partial charge on any atom is -0.465 e. The van der Waals surface area contributed by atoms with Crippen LogP contribution >= 0.6 is 0 Å². The van der Waals surface area contributed by atoms with E-state index in [1.165, 1.54) is 7.11 Å². The number of carbonyl (C=O) groups is 1. The molecule has 116 valence electrons. The molecule has 2 aromatic rings. The van der Waals surface area contributed by atoms with Gasteiger partial charge in [0.05, 0.1) is 18.8 Å². The predicted molar refractivity (Wildman–Crippen MR) is 83.8 cm³/mol. The Hall–Kier alpha value is -2.33. The van der Waals surface area contributed by atoms with Gasteiger partial charge in [-0.25, -0.2) is 4.79 Å². The minimum absolute atomic E-state index is 0.00833. The average molecular weight is 300 g/mol. The van der Waals surface area contributed by atoms with Gasteiger partial charge in [-0.05, 0) is 32.0 Å². The van der Waals surface area contributed by atoms with Crippen molar-refractivity contribution in [2.24, 2.45) is 0 Å². The smallest absolute Gasteiger partial charge is 0.337 e. The summed E-state index contributed by atoms with van der Waals surface area (Å²) in [7, 11) is 1.35. The molecule has 0 spiro atoms. The van der Waals surface area contributed by atoms with Crippen LogP contribution in [0.25, 0.3) is 0 Å². The summed E-state index contributed by atoms with van der Waals surface area (Å²) in [6.45, 7) is 3.90. The highest BCUT2D eigenvalue weighted by Gasteiger charge is 2.16. The van der Waals surface area contributed by atoms with E-state index in [4.69, 9.17) is 14.2 Å². The molecule has 0 radical (unpaired) electrons. The summed E-state index contributed by atoms with van der Waals surface area (Å²) in [5.41, 5.74) is 1.36. The number of hydrogen-bond acceptors (Lipinski definition) is 4. The number of methoxy groups -OCH3 is 1. The SMILES string of the molecule is COC(=O)c1cccc(OC(OC(C)C)c2ccccc2)c1. The van der Waals surface area contributed by atoms with Crippen molar-refractivity contribution in [3.05, 3.63) is 65.7 Å². The highest BCUT2D eigenvalue weighted by atomic mass is 16.7. The molecule has 0 saturated heterocycles. The van der Waals surface area contributed by atoms with Crippen molar-refractivity contribution >= 4 is 5.97 Å². The molecule has 0 aliphatic carbocycles. The van der Waals surface area contributed by atoms with E-state index in [0.29, 0.717) is 11.3 Å². The van der Waals surface area contributed by atoms with Crippen molar-refractivity contribution in [3.63, 3.8) is 0 Å². The molecule has 4 nitrogen and oxygen atoms in total. The molecule has 0 fully saturated rings. The Morgan fingerprint density at radius 2 is 1.73 bits per heavy atom. The quantitative estimate of drug-likeness (QED) is 0.598. The summed E-state index contributed by atoms with van der Waals surface area (Å²) in [5, 5.41) is 0. The van der Waals surface area contributed by atoms with Crippen molar-refractivity contribution in [2.45, 2.75) is 26.2 Å². The molecule has 22 heavy (non-hydrogen) atoms. The van der Waals surface area contributed by atoms with Crippen LogP contribution in [0.15, 0.2) is 54.6 Å². The molecule has 0 heterocycles. The van der Waals surface area contributed by atoms with Crippen LogP contribution in [0, 0.1) is 0 Å². The molecule has 2 aromatic carbocycles. The van der Waals surface area contributed by atoms with Gasteiger partial charge in [0, 0.05) is 5.56 Å². The number of carbonyl (C=O) groups excluding carboxylic acids is 1. The second-order valence-electron chi connectivity index (χ2n) is 5.06. The standard InChI is InChI=1S/C18H20O4/c1-13(2)21-18(14-8-5-4-6-9-14)22-16-11-7-10-15(12-16)17(19)20-3/h4-13,18H,1-3H3. The molecule has 1 unspecified atom stereocenters. The van der Waals surface area contributed by atoms with E-state index in [9.17, 15) is 4.79 Å². The fourth-order valence-corrected chi connectivity index (χ4v) is 1.97. The zero-order valence-corrected chi connectivity index (χ0v) is 13.0. The summed E-state index contributed by atoms with van der Waals surface area (Å²) < 4.78 is 16.5. The van der Waals surface area contributed by atoms with E-state index >= 15 is 0 Å². The molecule has 0 bridgehead atoms. The third-order valence-electron chi connectivity index (χ3n) is 2.97. The lowest BCUT2D eigenvalue weighted by Gasteiger charge is -2.22. The molecule has 0 N–H and O–H groups in total. The number of ether oxygens (including phenoxy) is 3. The molecule has 0 saturated carbocycles. The van der Waals surface area contributed by atoms with Gasteiger partial charge in [-0.3, -0.25) is 0 Å². The lowest BCUT2D eigenvalue weighted by molar-refractivity contribution is -0.111. The maximum Gasteiger partial charge on any atom is 0.337 e. The topological polar surface area (TPSA) is 44.8 Å². The van der Waals surface area contributed by atoms with Crippen molar-refractivity contribution < 1.29 is 19.0 Å². The van der Waals surface area contributed by atoms with Gasteiger partial charge in [-0.1, -0.05) is 36.4 Å².